The summed E-state index contributed by atoms with van der Waals surface area (Å²) in [4.78, 5) is 15.4. The number of fused-ring (bicyclic) bond motifs is 5. The first kappa shape index (κ1) is 20.0. The average Bonchev–Trinajstić information content (AvgIpc) is 3.35. The summed E-state index contributed by atoms with van der Waals surface area (Å²) in [5.41, 5.74) is 5.08. The van der Waals surface area contributed by atoms with E-state index in [0.717, 1.165) is 25.8 Å². The van der Waals surface area contributed by atoms with Gasteiger partial charge in [-0.3, -0.25) is 9.69 Å². The summed E-state index contributed by atoms with van der Waals surface area (Å²) in [5, 5.41) is 13.9. The second-order valence-corrected chi connectivity index (χ2v) is 9.33. The molecule has 1 aromatic heterocycles. The number of ether oxygens (including phenoxy) is 1. The molecule has 30 heavy (non-hydrogen) atoms. The molecule has 0 spiro atoms. The molecule has 0 saturated carbocycles. The van der Waals surface area contributed by atoms with Gasteiger partial charge in [-0.2, -0.15) is 0 Å². The highest BCUT2D eigenvalue weighted by Crippen LogP contribution is 2.51. The minimum Gasteiger partial charge on any atom is -0.394 e. The summed E-state index contributed by atoms with van der Waals surface area (Å²) in [5.74, 6) is -0.145. The van der Waals surface area contributed by atoms with Crippen LogP contribution in [0, 0.1) is 5.92 Å². The van der Waals surface area contributed by atoms with Crippen LogP contribution in [0.5, 0.6) is 0 Å². The molecule has 3 heterocycles. The number of aromatic nitrogens is 1. The Bertz CT molecular complexity index is 980. The number of aliphatic hydroxyl groups is 1. The lowest BCUT2D eigenvalue weighted by atomic mass is 9.68. The zero-order valence-electron chi connectivity index (χ0n) is 18.3. The van der Waals surface area contributed by atoms with Gasteiger partial charge in [0.05, 0.1) is 18.6 Å². The zero-order valence-corrected chi connectivity index (χ0v) is 18.3. The fourth-order valence-corrected chi connectivity index (χ4v) is 6.35. The van der Waals surface area contributed by atoms with Crippen LogP contribution >= 0.6 is 0 Å². The highest BCUT2D eigenvalue weighted by Gasteiger charge is 2.53. The van der Waals surface area contributed by atoms with Crippen molar-refractivity contribution in [2.45, 2.75) is 63.3 Å². The summed E-state index contributed by atoms with van der Waals surface area (Å²) in [6, 6.07) is 6.64. The van der Waals surface area contributed by atoms with Gasteiger partial charge in [-0.05, 0) is 56.3 Å². The quantitative estimate of drug-likeness (QED) is 0.792. The number of hydrogen-bond donors (Lipinski definition) is 2. The molecule has 3 aliphatic rings. The molecule has 0 bridgehead atoms. The number of aryl methyl sites for hydroxylation is 1. The van der Waals surface area contributed by atoms with Crippen LogP contribution < -0.4 is 5.32 Å². The summed E-state index contributed by atoms with van der Waals surface area (Å²) >= 11 is 0. The van der Waals surface area contributed by atoms with Gasteiger partial charge < -0.3 is 19.7 Å². The van der Waals surface area contributed by atoms with Crippen LogP contribution in [-0.4, -0.2) is 59.9 Å². The van der Waals surface area contributed by atoms with E-state index >= 15 is 0 Å². The Kier molecular flexibility index (Phi) is 4.92. The van der Waals surface area contributed by atoms with E-state index in [0.29, 0.717) is 13.0 Å². The number of amides is 1. The molecule has 1 aliphatic carbocycles. The zero-order chi connectivity index (χ0) is 21.0. The van der Waals surface area contributed by atoms with Crippen LogP contribution in [0.15, 0.2) is 18.2 Å². The number of benzene rings is 1. The largest absolute Gasteiger partial charge is 0.394 e. The van der Waals surface area contributed by atoms with Crippen molar-refractivity contribution in [2.75, 3.05) is 27.3 Å². The van der Waals surface area contributed by atoms with E-state index < -0.39 is 5.60 Å². The molecule has 162 valence electrons. The minimum atomic E-state index is -0.495. The first-order chi connectivity index (χ1) is 14.5. The number of piperidine rings is 1. The third kappa shape index (κ3) is 2.70. The molecule has 4 atom stereocenters. The number of nitrogens with one attached hydrogen (secondary N) is 1. The van der Waals surface area contributed by atoms with E-state index in [1.165, 1.54) is 34.1 Å². The average molecular weight is 412 g/mol. The lowest BCUT2D eigenvalue weighted by Crippen LogP contribution is -2.61. The fraction of sp³-hybridized carbons (Fsp3) is 0.625. The van der Waals surface area contributed by atoms with Gasteiger partial charge in [0, 0.05) is 42.8 Å². The van der Waals surface area contributed by atoms with Crippen LogP contribution in [0.1, 0.15) is 43.0 Å². The van der Waals surface area contributed by atoms with Crippen molar-refractivity contribution in [1.29, 1.82) is 0 Å². The van der Waals surface area contributed by atoms with Crippen molar-refractivity contribution >= 4 is 16.8 Å². The Morgan fingerprint density at radius 2 is 2.27 bits per heavy atom. The van der Waals surface area contributed by atoms with E-state index in [4.69, 9.17) is 4.74 Å². The van der Waals surface area contributed by atoms with Crippen molar-refractivity contribution in [3.8, 4) is 0 Å². The van der Waals surface area contributed by atoms with E-state index in [9.17, 15) is 9.90 Å². The van der Waals surface area contributed by atoms with Crippen LogP contribution in [0.2, 0.25) is 0 Å². The summed E-state index contributed by atoms with van der Waals surface area (Å²) < 4.78 is 8.86. The normalized spacial score (nSPS) is 28.9. The summed E-state index contributed by atoms with van der Waals surface area (Å²) in [6.45, 7) is 3.77. The van der Waals surface area contributed by atoms with Gasteiger partial charge in [0.2, 0.25) is 5.91 Å². The number of hydrogen-bond acceptors (Lipinski definition) is 4. The lowest BCUT2D eigenvalue weighted by Gasteiger charge is -2.52. The van der Waals surface area contributed by atoms with Crippen LogP contribution in [-0.2, 0) is 34.5 Å². The predicted octanol–water partition coefficient (Wildman–Crippen LogP) is 2.19. The molecule has 4 unspecified atom stereocenters. The number of rotatable bonds is 5. The smallest absolute Gasteiger partial charge is 0.224 e. The second-order valence-electron chi connectivity index (χ2n) is 9.33. The number of likely N-dealkylation sites (tertiary alicyclic amines) is 1. The van der Waals surface area contributed by atoms with Gasteiger partial charge >= 0.3 is 0 Å². The molecule has 0 radical (unpaired) electrons. The molecule has 6 heteroatoms. The number of methoxy groups -OCH3 is 1. The molecule has 2 aromatic rings. The highest BCUT2D eigenvalue weighted by atomic mass is 16.5. The van der Waals surface area contributed by atoms with Crippen LogP contribution in [0.25, 0.3) is 10.9 Å². The SMILES string of the molecule is CCC(CO)NC(=O)C1CN(C)C2Cc3c4n(c5cccc(c35)C2(OC)C1)CCC4. The molecule has 1 fully saturated rings. The topological polar surface area (TPSA) is 66.7 Å². The molecule has 1 aromatic carbocycles. The van der Waals surface area contributed by atoms with Crippen molar-refractivity contribution in [1.82, 2.24) is 14.8 Å². The lowest BCUT2D eigenvalue weighted by molar-refractivity contribution is -0.148. The minimum absolute atomic E-state index is 0.0231. The van der Waals surface area contributed by atoms with Gasteiger partial charge in [-0.25, -0.2) is 0 Å². The number of likely N-dealkylation sites (N-methyl/N-ethyl adjacent to an activating group) is 1. The van der Waals surface area contributed by atoms with E-state index in [-0.39, 0.29) is 30.5 Å². The first-order valence-corrected chi connectivity index (χ1v) is 11.3. The van der Waals surface area contributed by atoms with E-state index in [2.05, 4.69) is 40.0 Å². The number of aliphatic hydroxyl groups excluding tert-OH is 1. The second kappa shape index (κ2) is 7.36. The predicted molar refractivity (Wildman–Crippen MR) is 116 cm³/mol. The number of nitrogens with zero attached hydrogens (tertiary/aromatic N) is 2. The molecular weight excluding hydrogens is 378 g/mol. The third-order valence-corrected chi connectivity index (χ3v) is 7.88. The summed E-state index contributed by atoms with van der Waals surface area (Å²) in [7, 11) is 3.93. The van der Waals surface area contributed by atoms with Gasteiger partial charge in [-0.1, -0.05) is 19.1 Å². The monoisotopic (exact) mass is 411 g/mol. The Morgan fingerprint density at radius 1 is 1.43 bits per heavy atom. The maximum Gasteiger partial charge on any atom is 0.224 e. The van der Waals surface area contributed by atoms with Crippen molar-refractivity contribution < 1.29 is 14.6 Å². The third-order valence-electron chi connectivity index (χ3n) is 7.88. The molecule has 2 aliphatic heterocycles. The van der Waals surface area contributed by atoms with E-state index in [1.807, 2.05) is 6.92 Å². The standard InChI is InChI=1S/C24H33N3O3/c1-4-16(14-28)25-23(29)15-12-24(30-3)18-7-5-8-20-22(18)17(11-21(24)26(2)13-15)19-9-6-10-27(19)20/h5,7-8,15-16,21,28H,4,6,9-14H2,1-3H3,(H,25,29). The van der Waals surface area contributed by atoms with E-state index in [1.54, 1.807) is 7.11 Å². The number of carbonyl (C=O) groups is 1. The maximum atomic E-state index is 13.1. The Morgan fingerprint density at radius 3 is 3.00 bits per heavy atom. The highest BCUT2D eigenvalue weighted by molar-refractivity contribution is 5.91. The van der Waals surface area contributed by atoms with Gasteiger partial charge in [-0.15, -0.1) is 0 Å². The van der Waals surface area contributed by atoms with Crippen LogP contribution in [0.3, 0.4) is 0 Å². The van der Waals surface area contributed by atoms with Crippen molar-refractivity contribution in [3.05, 3.63) is 35.0 Å². The molecule has 2 N–H and O–H groups in total. The van der Waals surface area contributed by atoms with Crippen molar-refractivity contribution in [2.24, 2.45) is 5.92 Å². The Balaban J connectivity index is 1.58. The maximum absolute atomic E-state index is 13.1. The van der Waals surface area contributed by atoms with Gasteiger partial charge in [0.1, 0.15) is 5.60 Å². The van der Waals surface area contributed by atoms with Crippen LogP contribution in [0.4, 0.5) is 0 Å². The molecule has 6 nitrogen and oxygen atoms in total. The number of carbonyl (C=O) groups excluding carboxylic acids is 1. The summed E-state index contributed by atoms with van der Waals surface area (Å²) in [6.07, 6.45) is 4.75. The molecule has 1 saturated heterocycles. The fourth-order valence-electron chi connectivity index (χ4n) is 6.35. The van der Waals surface area contributed by atoms with Gasteiger partial charge in [0.25, 0.3) is 0 Å². The molecule has 5 rings (SSSR count). The Hall–Kier alpha value is -1.89. The molecular formula is C24H33N3O3. The van der Waals surface area contributed by atoms with Gasteiger partial charge in [0.15, 0.2) is 0 Å². The first-order valence-electron chi connectivity index (χ1n) is 11.3. The molecule has 1 amide bonds. The Labute approximate surface area is 178 Å². The van der Waals surface area contributed by atoms with Crippen molar-refractivity contribution in [3.63, 3.8) is 0 Å².